The van der Waals surface area contributed by atoms with Crippen LogP contribution in [0.3, 0.4) is 0 Å². The van der Waals surface area contributed by atoms with E-state index in [1.165, 1.54) is 5.56 Å². The fourth-order valence-corrected chi connectivity index (χ4v) is 4.46. The summed E-state index contributed by atoms with van der Waals surface area (Å²) in [6.07, 6.45) is 0. The molecule has 2 N–H and O–H groups in total. The molecule has 0 aliphatic carbocycles. The van der Waals surface area contributed by atoms with Gasteiger partial charge in [0.1, 0.15) is 5.75 Å². The average Bonchev–Trinajstić information content (AvgIpc) is 3.07. The van der Waals surface area contributed by atoms with E-state index < -0.39 is 5.91 Å². The summed E-state index contributed by atoms with van der Waals surface area (Å²) < 4.78 is 6.28. The van der Waals surface area contributed by atoms with Crippen molar-refractivity contribution in [3.05, 3.63) is 77.9 Å². The summed E-state index contributed by atoms with van der Waals surface area (Å²) in [6.45, 7) is 2.08. The number of fused-ring (bicyclic) bond motifs is 1. The highest BCUT2D eigenvalue weighted by Crippen LogP contribution is 2.40. The van der Waals surface area contributed by atoms with E-state index in [1.54, 1.807) is 18.4 Å². The van der Waals surface area contributed by atoms with Crippen LogP contribution in [-0.4, -0.2) is 13.0 Å². The molecule has 3 nitrogen and oxygen atoms in total. The highest BCUT2D eigenvalue weighted by atomic mass is 32.1. The zero-order valence-corrected chi connectivity index (χ0v) is 16.0. The third-order valence-corrected chi connectivity index (χ3v) is 5.88. The Kier molecular flexibility index (Phi) is 4.42. The molecule has 0 aliphatic heterocycles. The summed E-state index contributed by atoms with van der Waals surface area (Å²) >= 11 is 1.59. The summed E-state index contributed by atoms with van der Waals surface area (Å²) in [7, 11) is 1.63. The Morgan fingerprint density at radius 2 is 1.52 bits per heavy atom. The Labute approximate surface area is 162 Å². The second-order valence-corrected chi connectivity index (χ2v) is 7.53. The number of amides is 1. The Hall–Kier alpha value is -3.11. The van der Waals surface area contributed by atoms with Crippen molar-refractivity contribution in [3.8, 4) is 27.3 Å². The Morgan fingerprint density at radius 1 is 0.889 bits per heavy atom. The molecule has 27 heavy (non-hydrogen) atoms. The Bertz CT molecular complexity index is 1130. The largest absolute Gasteiger partial charge is 0.497 e. The summed E-state index contributed by atoms with van der Waals surface area (Å²) in [4.78, 5) is 13.1. The minimum Gasteiger partial charge on any atom is -0.497 e. The highest BCUT2D eigenvalue weighted by molar-refractivity contribution is 7.22. The molecule has 4 rings (SSSR count). The Balaban J connectivity index is 1.87. The van der Waals surface area contributed by atoms with Gasteiger partial charge in [0.25, 0.3) is 5.91 Å². The fraction of sp³-hybridized carbons (Fsp3) is 0.0870. The molecule has 0 unspecified atom stereocenters. The second-order valence-electron chi connectivity index (χ2n) is 6.48. The molecule has 4 aromatic rings. The second kappa shape index (κ2) is 6.89. The lowest BCUT2D eigenvalue weighted by Crippen LogP contribution is -2.11. The molecule has 0 bridgehead atoms. The van der Waals surface area contributed by atoms with Crippen molar-refractivity contribution < 1.29 is 9.53 Å². The SMILES string of the molecule is COc1ccc(-c2sc3cc(-c4ccc(C)cc4)ccc3c2C(N)=O)cc1. The summed E-state index contributed by atoms with van der Waals surface area (Å²) in [5, 5.41) is 0.897. The lowest BCUT2D eigenvalue weighted by molar-refractivity contribution is 0.100. The van der Waals surface area contributed by atoms with Crippen LogP contribution in [0.4, 0.5) is 0 Å². The topological polar surface area (TPSA) is 52.3 Å². The van der Waals surface area contributed by atoms with Crippen LogP contribution in [-0.2, 0) is 0 Å². The van der Waals surface area contributed by atoms with Gasteiger partial charge < -0.3 is 10.5 Å². The molecule has 0 saturated heterocycles. The third kappa shape index (κ3) is 3.20. The van der Waals surface area contributed by atoms with Crippen LogP contribution in [0.5, 0.6) is 5.75 Å². The molecule has 0 aliphatic rings. The molecule has 1 amide bonds. The quantitative estimate of drug-likeness (QED) is 0.502. The van der Waals surface area contributed by atoms with Gasteiger partial charge in [-0.1, -0.05) is 42.0 Å². The maximum atomic E-state index is 12.2. The van der Waals surface area contributed by atoms with Crippen molar-refractivity contribution in [2.24, 2.45) is 5.73 Å². The molecule has 0 spiro atoms. The molecule has 0 radical (unpaired) electrons. The van der Waals surface area contributed by atoms with E-state index in [-0.39, 0.29) is 0 Å². The number of carbonyl (C=O) groups is 1. The number of carbonyl (C=O) groups excluding carboxylic acids is 1. The van der Waals surface area contributed by atoms with Gasteiger partial charge in [-0.3, -0.25) is 4.79 Å². The van der Waals surface area contributed by atoms with Gasteiger partial charge in [-0.15, -0.1) is 11.3 Å². The monoisotopic (exact) mass is 373 g/mol. The normalized spacial score (nSPS) is 10.9. The highest BCUT2D eigenvalue weighted by Gasteiger charge is 2.18. The number of thiophene rings is 1. The van der Waals surface area contributed by atoms with Gasteiger partial charge in [0.05, 0.1) is 12.7 Å². The van der Waals surface area contributed by atoms with Crippen LogP contribution in [0, 0.1) is 6.92 Å². The number of hydrogen-bond donors (Lipinski definition) is 1. The van der Waals surface area contributed by atoms with Crippen LogP contribution in [0.25, 0.3) is 31.7 Å². The van der Waals surface area contributed by atoms with Crippen molar-refractivity contribution in [2.75, 3.05) is 7.11 Å². The number of rotatable bonds is 4. The number of primary amides is 1. The average molecular weight is 373 g/mol. The predicted octanol–water partition coefficient (Wildman–Crippen LogP) is 5.65. The molecular formula is C23H19NO2S. The van der Waals surface area contributed by atoms with E-state index in [9.17, 15) is 4.79 Å². The minimum absolute atomic E-state index is 0.407. The van der Waals surface area contributed by atoms with Gasteiger partial charge in [-0.2, -0.15) is 0 Å². The van der Waals surface area contributed by atoms with Crippen LogP contribution in [0.1, 0.15) is 15.9 Å². The van der Waals surface area contributed by atoms with Crippen LogP contribution >= 0.6 is 11.3 Å². The van der Waals surface area contributed by atoms with Gasteiger partial charge in [-0.05, 0) is 53.9 Å². The smallest absolute Gasteiger partial charge is 0.250 e. The summed E-state index contributed by atoms with van der Waals surface area (Å²) in [5.41, 5.74) is 10.8. The van der Waals surface area contributed by atoms with Gasteiger partial charge in [0.15, 0.2) is 0 Å². The zero-order valence-electron chi connectivity index (χ0n) is 15.2. The van der Waals surface area contributed by atoms with Crippen LogP contribution < -0.4 is 10.5 Å². The number of methoxy groups -OCH3 is 1. The van der Waals surface area contributed by atoms with Crippen molar-refractivity contribution in [1.82, 2.24) is 0 Å². The lowest BCUT2D eigenvalue weighted by atomic mass is 10.0. The predicted molar refractivity (Wildman–Crippen MR) is 113 cm³/mol. The molecule has 4 heteroatoms. The van der Waals surface area contributed by atoms with E-state index in [2.05, 4.69) is 37.3 Å². The van der Waals surface area contributed by atoms with E-state index in [0.717, 1.165) is 37.4 Å². The van der Waals surface area contributed by atoms with E-state index in [0.29, 0.717) is 5.56 Å². The summed E-state index contributed by atoms with van der Waals surface area (Å²) in [6, 6.07) is 22.3. The van der Waals surface area contributed by atoms with Crippen molar-refractivity contribution in [2.45, 2.75) is 6.92 Å². The van der Waals surface area contributed by atoms with E-state index in [1.807, 2.05) is 36.4 Å². The first-order chi connectivity index (χ1) is 13.1. The molecule has 1 aromatic heterocycles. The van der Waals surface area contributed by atoms with Crippen LogP contribution in [0.15, 0.2) is 66.7 Å². The maximum Gasteiger partial charge on any atom is 0.250 e. The molecular weight excluding hydrogens is 354 g/mol. The first-order valence-corrected chi connectivity index (χ1v) is 9.46. The Morgan fingerprint density at radius 3 is 2.15 bits per heavy atom. The molecule has 134 valence electrons. The van der Waals surface area contributed by atoms with Crippen molar-refractivity contribution in [1.29, 1.82) is 0 Å². The third-order valence-electron chi connectivity index (χ3n) is 4.67. The van der Waals surface area contributed by atoms with Gasteiger partial charge in [-0.25, -0.2) is 0 Å². The maximum absolute atomic E-state index is 12.2. The van der Waals surface area contributed by atoms with E-state index >= 15 is 0 Å². The number of aryl methyl sites for hydroxylation is 1. The van der Waals surface area contributed by atoms with Gasteiger partial charge in [0, 0.05) is 15.0 Å². The minimum atomic E-state index is -0.407. The molecule has 3 aromatic carbocycles. The first-order valence-electron chi connectivity index (χ1n) is 8.64. The van der Waals surface area contributed by atoms with Gasteiger partial charge in [0.2, 0.25) is 0 Å². The number of benzene rings is 3. The first kappa shape index (κ1) is 17.3. The summed E-state index contributed by atoms with van der Waals surface area (Å²) in [5.74, 6) is 0.372. The van der Waals surface area contributed by atoms with Gasteiger partial charge >= 0.3 is 0 Å². The molecule has 0 atom stereocenters. The van der Waals surface area contributed by atoms with Crippen molar-refractivity contribution >= 4 is 27.3 Å². The van der Waals surface area contributed by atoms with Crippen molar-refractivity contribution in [3.63, 3.8) is 0 Å². The molecule has 1 heterocycles. The number of hydrogen-bond acceptors (Lipinski definition) is 3. The molecule has 0 saturated carbocycles. The standard InChI is InChI=1S/C23H19NO2S/c1-14-3-5-15(6-4-14)17-9-12-19-20(13-17)27-22(21(19)23(24)25)16-7-10-18(26-2)11-8-16/h3-13H,1-2H3,(H2,24,25). The lowest BCUT2D eigenvalue weighted by Gasteiger charge is -2.04. The van der Waals surface area contributed by atoms with Crippen LogP contribution in [0.2, 0.25) is 0 Å². The van der Waals surface area contributed by atoms with E-state index in [4.69, 9.17) is 10.5 Å². The molecule has 0 fully saturated rings. The number of ether oxygens (including phenoxy) is 1. The zero-order chi connectivity index (χ0) is 19.0. The number of nitrogens with two attached hydrogens (primary N) is 1. The fourth-order valence-electron chi connectivity index (χ4n) is 3.21.